The Morgan fingerprint density at radius 3 is 1.96 bits per heavy atom. The van der Waals surface area contributed by atoms with Gasteiger partial charge in [0.05, 0.1) is 12.1 Å². The van der Waals surface area contributed by atoms with E-state index in [1.165, 1.54) is 24.3 Å². The fraction of sp³-hybridized carbons (Fsp3) is 0.125. The van der Waals surface area contributed by atoms with Crippen LogP contribution in [0.15, 0.2) is 24.3 Å². The number of hydrazine groups is 1. The summed E-state index contributed by atoms with van der Waals surface area (Å²) in [6.07, 6.45) is -0.399. The smallest absolute Gasteiger partial charge is 0.253 e. The van der Waals surface area contributed by atoms with Crippen molar-refractivity contribution in [1.82, 2.24) is 5.43 Å². The normalized spacial score (nSPS) is 17.0. The van der Waals surface area contributed by atoms with Gasteiger partial charge in [0.15, 0.2) is 23.3 Å². The number of carbonyl (C=O) groups excluding carboxylic acids is 2. The van der Waals surface area contributed by atoms with Gasteiger partial charge in [0.1, 0.15) is 11.7 Å². The highest BCUT2D eigenvalue weighted by Crippen LogP contribution is 2.28. The molecule has 142 valence electrons. The minimum absolute atomic E-state index is 0.218. The summed E-state index contributed by atoms with van der Waals surface area (Å²) in [5.74, 6) is -12.2. The van der Waals surface area contributed by atoms with Gasteiger partial charge in [-0.25, -0.2) is 32.3 Å². The fourth-order valence-electron chi connectivity index (χ4n) is 2.48. The van der Waals surface area contributed by atoms with E-state index in [1.807, 2.05) is 0 Å². The lowest BCUT2D eigenvalue weighted by Gasteiger charge is -2.17. The largest absolute Gasteiger partial charge is 0.315 e. The highest BCUT2D eigenvalue weighted by molar-refractivity contribution is 6.30. The summed E-state index contributed by atoms with van der Waals surface area (Å²) in [7, 11) is 0. The number of imide groups is 1. The van der Waals surface area contributed by atoms with E-state index in [-0.39, 0.29) is 5.69 Å². The van der Waals surface area contributed by atoms with Crippen molar-refractivity contribution in [2.24, 2.45) is 0 Å². The number of halogens is 6. The number of rotatable bonds is 4. The van der Waals surface area contributed by atoms with Gasteiger partial charge in [-0.15, -0.1) is 0 Å². The second-order valence-electron chi connectivity index (χ2n) is 5.51. The van der Waals surface area contributed by atoms with Gasteiger partial charge in [0.25, 0.3) is 5.91 Å². The van der Waals surface area contributed by atoms with Crippen molar-refractivity contribution in [3.05, 3.63) is 58.4 Å². The van der Waals surface area contributed by atoms with E-state index in [0.717, 1.165) is 4.90 Å². The predicted octanol–water partition coefficient (Wildman–Crippen LogP) is 3.28. The van der Waals surface area contributed by atoms with Crippen LogP contribution in [0.1, 0.15) is 6.42 Å². The van der Waals surface area contributed by atoms with Crippen molar-refractivity contribution >= 4 is 34.8 Å². The number of hydrogen-bond acceptors (Lipinski definition) is 4. The van der Waals surface area contributed by atoms with Crippen molar-refractivity contribution in [3.8, 4) is 0 Å². The summed E-state index contributed by atoms with van der Waals surface area (Å²) in [6, 6.07) is 4.44. The van der Waals surface area contributed by atoms with Crippen molar-refractivity contribution < 1.29 is 31.5 Å². The van der Waals surface area contributed by atoms with Crippen molar-refractivity contribution in [3.63, 3.8) is 0 Å². The van der Waals surface area contributed by atoms with Crippen LogP contribution in [-0.4, -0.2) is 17.9 Å². The minimum atomic E-state index is -2.31. The molecular formula is C16H9ClF5N3O2. The van der Waals surface area contributed by atoms with Crippen LogP contribution in [0.25, 0.3) is 0 Å². The third kappa shape index (κ3) is 3.33. The molecule has 1 aliphatic heterocycles. The Kier molecular flexibility index (Phi) is 5.03. The van der Waals surface area contributed by atoms with E-state index in [9.17, 15) is 31.5 Å². The van der Waals surface area contributed by atoms with Crippen LogP contribution in [0.4, 0.5) is 33.3 Å². The van der Waals surface area contributed by atoms with Gasteiger partial charge in [-0.1, -0.05) is 11.6 Å². The summed E-state index contributed by atoms with van der Waals surface area (Å²) in [5.41, 5.74) is 2.77. The lowest BCUT2D eigenvalue weighted by molar-refractivity contribution is -0.121. The molecule has 27 heavy (non-hydrogen) atoms. The maximum absolute atomic E-state index is 13.6. The molecule has 0 aliphatic carbocycles. The summed E-state index contributed by atoms with van der Waals surface area (Å²) in [5, 5.41) is 0.375. The highest BCUT2D eigenvalue weighted by atomic mass is 35.5. The predicted molar refractivity (Wildman–Crippen MR) is 85.3 cm³/mol. The second-order valence-corrected chi connectivity index (χ2v) is 5.95. The molecule has 0 radical (unpaired) electrons. The van der Waals surface area contributed by atoms with E-state index < -0.39 is 59.1 Å². The summed E-state index contributed by atoms with van der Waals surface area (Å²) in [4.78, 5) is 25.2. The molecule has 2 N–H and O–H groups in total. The van der Waals surface area contributed by atoms with Gasteiger partial charge in [0, 0.05) is 5.02 Å². The molecule has 0 bridgehead atoms. The van der Waals surface area contributed by atoms with Crippen molar-refractivity contribution in [2.45, 2.75) is 12.5 Å². The Balaban J connectivity index is 1.79. The van der Waals surface area contributed by atoms with Crippen LogP contribution in [0, 0.1) is 29.1 Å². The molecule has 0 spiro atoms. The summed E-state index contributed by atoms with van der Waals surface area (Å²) < 4.78 is 66.7. The highest BCUT2D eigenvalue weighted by Gasteiger charge is 2.40. The first-order valence-electron chi connectivity index (χ1n) is 7.37. The summed E-state index contributed by atoms with van der Waals surface area (Å²) >= 11 is 5.73. The molecular weight excluding hydrogens is 397 g/mol. The average molecular weight is 406 g/mol. The summed E-state index contributed by atoms with van der Waals surface area (Å²) in [6.45, 7) is 0. The quantitative estimate of drug-likeness (QED) is 0.269. The molecule has 3 rings (SSSR count). The van der Waals surface area contributed by atoms with Gasteiger partial charge >= 0.3 is 0 Å². The second kappa shape index (κ2) is 7.12. The molecule has 11 heteroatoms. The maximum atomic E-state index is 13.6. The first-order chi connectivity index (χ1) is 12.7. The van der Waals surface area contributed by atoms with Gasteiger partial charge in [0.2, 0.25) is 11.7 Å². The molecule has 0 saturated carbocycles. The van der Waals surface area contributed by atoms with Crippen LogP contribution >= 0.6 is 11.6 Å². The molecule has 1 heterocycles. The van der Waals surface area contributed by atoms with E-state index in [0.29, 0.717) is 5.02 Å². The SMILES string of the molecule is O=C1C[C@H](NNc2c(F)c(F)c(F)c(F)c2F)C(=O)N1c1ccc(Cl)cc1. The van der Waals surface area contributed by atoms with Crippen LogP contribution in [-0.2, 0) is 9.59 Å². The number of hydrogen-bond donors (Lipinski definition) is 2. The lowest BCUT2D eigenvalue weighted by Crippen LogP contribution is -2.42. The van der Waals surface area contributed by atoms with Crippen LogP contribution in [0.3, 0.4) is 0 Å². The molecule has 2 aromatic carbocycles. The van der Waals surface area contributed by atoms with E-state index in [4.69, 9.17) is 11.6 Å². The zero-order valence-corrected chi connectivity index (χ0v) is 13.9. The van der Waals surface area contributed by atoms with E-state index in [2.05, 4.69) is 5.43 Å². The lowest BCUT2D eigenvalue weighted by atomic mass is 10.2. The van der Waals surface area contributed by atoms with Crippen LogP contribution in [0.5, 0.6) is 0 Å². The molecule has 1 fully saturated rings. The fourth-order valence-corrected chi connectivity index (χ4v) is 2.61. The molecule has 1 aliphatic rings. The third-order valence-electron chi connectivity index (χ3n) is 3.81. The molecule has 1 saturated heterocycles. The third-order valence-corrected chi connectivity index (χ3v) is 4.06. The standard InChI is InChI=1S/C16H9ClF5N3O2/c17-6-1-3-7(4-2-6)25-9(26)5-8(16(25)27)23-24-15-13(21)11(19)10(18)12(20)14(15)22/h1-4,8,23-24H,5H2/t8-/m0/s1. The minimum Gasteiger partial charge on any atom is -0.315 e. The van der Waals surface area contributed by atoms with Crippen LogP contribution < -0.4 is 15.8 Å². The van der Waals surface area contributed by atoms with Crippen molar-refractivity contribution in [1.29, 1.82) is 0 Å². The van der Waals surface area contributed by atoms with Gasteiger partial charge in [-0.2, -0.15) is 0 Å². The van der Waals surface area contributed by atoms with Gasteiger partial charge in [-0.05, 0) is 24.3 Å². The Morgan fingerprint density at radius 2 is 1.41 bits per heavy atom. The van der Waals surface area contributed by atoms with Crippen molar-refractivity contribution in [2.75, 3.05) is 10.3 Å². The number of nitrogens with zero attached hydrogens (tertiary/aromatic N) is 1. The zero-order chi connectivity index (χ0) is 19.9. The van der Waals surface area contributed by atoms with E-state index in [1.54, 1.807) is 5.43 Å². The Morgan fingerprint density at radius 1 is 0.889 bits per heavy atom. The molecule has 0 aromatic heterocycles. The molecule has 1 atom stereocenters. The topological polar surface area (TPSA) is 61.4 Å². The Hall–Kier alpha value is -2.72. The first kappa shape index (κ1) is 19.1. The monoisotopic (exact) mass is 405 g/mol. The zero-order valence-electron chi connectivity index (χ0n) is 13.1. The molecule has 0 unspecified atom stereocenters. The van der Waals surface area contributed by atoms with Gasteiger partial charge in [-0.3, -0.25) is 9.59 Å². The van der Waals surface area contributed by atoms with E-state index >= 15 is 0 Å². The molecule has 2 aromatic rings. The maximum Gasteiger partial charge on any atom is 0.253 e. The van der Waals surface area contributed by atoms with Crippen LogP contribution in [0.2, 0.25) is 5.02 Å². The number of nitrogens with one attached hydrogen (secondary N) is 2. The molecule has 5 nitrogen and oxygen atoms in total. The first-order valence-corrected chi connectivity index (χ1v) is 7.75. The number of anilines is 2. The molecule has 2 amide bonds. The van der Waals surface area contributed by atoms with Gasteiger partial charge < -0.3 is 5.43 Å². The Labute approximate surface area is 153 Å². The number of carbonyl (C=O) groups is 2. The average Bonchev–Trinajstić information content (AvgIpc) is 2.93. The Bertz CT molecular complexity index is 910. The number of benzene rings is 2. The number of amides is 2.